The normalized spacial score (nSPS) is 11.1. The lowest BCUT2D eigenvalue weighted by Gasteiger charge is -2.19. The third-order valence-corrected chi connectivity index (χ3v) is 6.09. The molecule has 0 aliphatic carbocycles. The Kier molecular flexibility index (Phi) is 7.31. The molecule has 0 saturated heterocycles. The smallest absolute Gasteiger partial charge is 0.0119 e. The molecule has 0 spiro atoms. The zero-order valence-electron chi connectivity index (χ0n) is 18.9. The standard InChI is InChI=1S/C29H36/c1-6-8-10-24-12-16-26(17-13-24)28-21(3)20-22(4)29(23(28)5)27-18-14-25(15-19-27)11-9-7-2/h12-20H,6-11H2,1-5H3. The predicted octanol–water partition coefficient (Wildman–Crippen LogP) is 8.63. The molecule has 0 atom stereocenters. The predicted molar refractivity (Wildman–Crippen MR) is 129 cm³/mol. The van der Waals surface area contributed by atoms with Crippen LogP contribution in [0.4, 0.5) is 0 Å². The van der Waals surface area contributed by atoms with Gasteiger partial charge >= 0.3 is 0 Å². The summed E-state index contributed by atoms with van der Waals surface area (Å²) in [5.74, 6) is 0. The molecule has 0 nitrogen and oxygen atoms in total. The molecule has 0 radical (unpaired) electrons. The average Bonchev–Trinajstić information content (AvgIpc) is 2.72. The van der Waals surface area contributed by atoms with Crippen LogP contribution in [0.25, 0.3) is 22.3 Å². The monoisotopic (exact) mass is 384 g/mol. The van der Waals surface area contributed by atoms with E-state index in [1.54, 1.807) is 0 Å². The van der Waals surface area contributed by atoms with E-state index in [1.807, 2.05) is 0 Å². The van der Waals surface area contributed by atoms with Crippen LogP contribution >= 0.6 is 0 Å². The Morgan fingerprint density at radius 1 is 0.552 bits per heavy atom. The Morgan fingerprint density at radius 3 is 1.28 bits per heavy atom. The third-order valence-electron chi connectivity index (χ3n) is 6.09. The van der Waals surface area contributed by atoms with Gasteiger partial charge in [0.15, 0.2) is 0 Å². The summed E-state index contributed by atoms with van der Waals surface area (Å²) in [5, 5.41) is 0. The van der Waals surface area contributed by atoms with Gasteiger partial charge in [0.05, 0.1) is 0 Å². The fourth-order valence-corrected chi connectivity index (χ4v) is 4.51. The molecule has 29 heavy (non-hydrogen) atoms. The molecule has 152 valence electrons. The van der Waals surface area contributed by atoms with Crippen molar-refractivity contribution in [2.75, 3.05) is 0 Å². The van der Waals surface area contributed by atoms with E-state index in [9.17, 15) is 0 Å². The van der Waals surface area contributed by atoms with Crippen LogP contribution in [0, 0.1) is 20.8 Å². The van der Waals surface area contributed by atoms with Crippen molar-refractivity contribution in [2.24, 2.45) is 0 Å². The molecular formula is C29H36. The first-order chi connectivity index (χ1) is 14.0. The molecule has 3 rings (SSSR count). The Balaban J connectivity index is 1.98. The molecule has 0 bridgehead atoms. The van der Waals surface area contributed by atoms with Crippen molar-refractivity contribution in [2.45, 2.75) is 73.1 Å². The maximum atomic E-state index is 2.35. The summed E-state index contributed by atoms with van der Waals surface area (Å²) in [6.07, 6.45) is 7.38. The van der Waals surface area contributed by atoms with E-state index in [-0.39, 0.29) is 0 Å². The number of rotatable bonds is 8. The van der Waals surface area contributed by atoms with Crippen LogP contribution < -0.4 is 0 Å². The topological polar surface area (TPSA) is 0 Å². The third kappa shape index (κ3) is 4.99. The number of benzene rings is 3. The Labute approximate surface area is 178 Å². The minimum absolute atomic E-state index is 1.18. The molecule has 0 fully saturated rings. The van der Waals surface area contributed by atoms with Gasteiger partial charge in [-0.25, -0.2) is 0 Å². The highest BCUT2D eigenvalue weighted by molar-refractivity contribution is 5.82. The van der Waals surface area contributed by atoms with Gasteiger partial charge in [0.1, 0.15) is 0 Å². The van der Waals surface area contributed by atoms with Gasteiger partial charge in [-0.15, -0.1) is 0 Å². The molecule has 0 heterocycles. The number of aryl methyl sites for hydroxylation is 4. The molecule has 0 amide bonds. The summed E-state index contributed by atoms with van der Waals surface area (Å²) < 4.78 is 0. The van der Waals surface area contributed by atoms with E-state index in [0.717, 1.165) is 0 Å². The van der Waals surface area contributed by atoms with E-state index < -0.39 is 0 Å². The molecule has 3 aromatic rings. The molecule has 0 saturated carbocycles. The first-order valence-corrected chi connectivity index (χ1v) is 11.3. The van der Waals surface area contributed by atoms with Crippen LogP contribution in [0.3, 0.4) is 0 Å². The van der Waals surface area contributed by atoms with Crippen molar-refractivity contribution >= 4 is 0 Å². The minimum Gasteiger partial charge on any atom is -0.0654 e. The maximum Gasteiger partial charge on any atom is -0.0119 e. The van der Waals surface area contributed by atoms with Gasteiger partial charge in [0.25, 0.3) is 0 Å². The first kappa shape index (κ1) is 21.4. The largest absolute Gasteiger partial charge is 0.0654 e. The second-order valence-corrected chi connectivity index (χ2v) is 8.49. The second-order valence-electron chi connectivity index (χ2n) is 8.49. The highest BCUT2D eigenvalue weighted by atomic mass is 14.2. The highest BCUT2D eigenvalue weighted by Crippen LogP contribution is 2.37. The van der Waals surface area contributed by atoms with Gasteiger partial charge in [-0.2, -0.15) is 0 Å². The van der Waals surface area contributed by atoms with Crippen LogP contribution in [0.15, 0.2) is 54.6 Å². The second kappa shape index (κ2) is 9.92. The molecule has 0 unspecified atom stereocenters. The van der Waals surface area contributed by atoms with Crippen LogP contribution in [0.5, 0.6) is 0 Å². The van der Waals surface area contributed by atoms with Gasteiger partial charge in [-0.3, -0.25) is 0 Å². The summed E-state index contributed by atoms with van der Waals surface area (Å²) in [7, 11) is 0. The summed E-state index contributed by atoms with van der Waals surface area (Å²) in [4.78, 5) is 0. The molecule has 0 aliphatic heterocycles. The van der Waals surface area contributed by atoms with Gasteiger partial charge in [-0.1, -0.05) is 81.3 Å². The van der Waals surface area contributed by atoms with Gasteiger partial charge in [-0.05, 0) is 96.5 Å². The van der Waals surface area contributed by atoms with Crippen molar-refractivity contribution in [1.82, 2.24) is 0 Å². The van der Waals surface area contributed by atoms with Crippen molar-refractivity contribution in [3.63, 3.8) is 0 Å². The summed E-state index contributed by atoms with van der Waals surface area (Å²) in [5.41, 5.74) is 12.5. The lowest BCUT2D eigenvalue weighted by molar-refractivity contribution is 0.795. The zero-order valence-corrected chi connectivity index (χ0v) is 18.9. The van der Waals surface area contributed by atoms with Gasteiger partial charge < -0.3 is 0 Å². The number of hydrogen-bond donors (Lipinski definition) is 0. The SMILES string of the molecule is CCCCc1ccc(-c2c(C)cc(C)c(-c3ccc(CCCC)cc3)c2C)cc1. The van der Waals surface area contributed by atoms with E-state index in [2.05, 4.69) is 89.2 Å². The van der Waals surface area contributed by atoms with Crippen molar-refractivity contribution < 1.29 is 0 Å². The molecule has 0 aromatic heterocycles. The van der Waals surface area contributed by atoms with Crippen molar-refractivity contribution in [3.8, 4) is 22.3 Å². The van der Waals surface area contributed by atoms with E-state index in [4.69, 9.17) is 0 Å². The average molecular weight is 385 g/mol. The van der Waals surface area contributed by atoms with E-state index in [1.165, 1.54) is 88.6 Å². The first-order valence-electron chi connectivity index (χ1n) is 11.3. The summed E-state index contributed by atoms with van der Waals surface area (Å²) in [6, 6.07) is 20.9. The molecule has 3 aromatic carbocycles. The fourth-order valence-electron chi connectivity index (χ4n) is 4.51. The Hall–Kier alpha value is -2.34. The molecule has 0 heteroatoms. The lowest BCUT2D eigenvalue weighted by atomic mass is 9.86. The molecule has 0 aliphatic rings. The number of hydrogen-bond acceptors (Lipinski definition) is 0. The Bertz CT molecular complexity index is 852. The van der Waals surface area contributed by atoms with Crippen LogP contribution in [-0.2, 0) is 12.8 Å². The van der Waals surface area contributed by atoms with Gasteiger partial charge in [0.2, 0.25) is 0 Å². The number of unbranched alkanes of at least 4 members (excludes halogenated alkanes) is 2. The maximum absolute atomic E-state index is 2.35. The van der Waals surface area contributed by atoms with E-state index in [0.29, 0.717) is 0 Å². The quantitative estimate of drug-likeness (QED) is 0.364. The highest BCUT2D eigenvalue weighted by Gasteiger charge is 2.14. The van der Waals surface area contributed by atoms with E-state index >= 15 is 0 Å². The van der Waals surface area contributed by atoms with Crippen LogP contribution in [0.1, 0.15) is 67.3 Å². The van der Waals surface area contributed by atoms with Crippen LogP contribution in [0.2, 0.25) is 0 Å². The summed E-state index contributed by atoms with van der Waals surface area (Å²) >= 11 is 0. The Morgan fingerprint density at radius 2 is 0.931 bits per heavy atom. The lowest BCUT2D eigenvalue weighted by Crippen LogP contribution is -1.96. The van der Waals surface area contributed by atoms with Crippen molar-refractivity contribution in [3.05, 3.63) is 82.4 Å². The molecule has 0 N–H and O–H groups in total. The minimum atomic E-state index is 1.18. The molecular weight excluding hydrogens is 348 g/mol. The van der Waals surface area contributed by atoms with Crippen molar-refractivity contribution in [1.29, 1.82) is 0 Å². The van der Waals surface area contributed by atoms with Gasteiger partial charge in [0, 0.05) is 0 Å². The zero-order chi connectivity index (χ0) is 20.8. The van der Waals surface area contributed by atoms with Crippen LogP contribution in [-0.4, -0.2) is 0 Å². The fraction of sp³-hybridized carbons (Fsp3) is 0.379. The summed E-state index contributed by atoms with van der Waals surface area (Å²) in [6.45, 7) is 11.3.